The van der Waals surface area contributed by atoms with Crippen LogP contribution >= 0.6 is 0 Å². The van der Waals surface area contributed by atoms with Gasteiger partial charge in [0.15, 0.2) is 0 Å². The van der Waals surface area contributed by atoms with Gasteiger partial charge in [-0.05, 0) is 70.0 Å². The number of likely N-dealkylation sites (tertiary alicyclic amines) is 1. The number of nitrogens with zero attached hydrogens (tertiary/aromatic N) is 4. The van der Waals surface area contributed by atoms with Gasteiger partial charge in [-0.15, -0.1) is 0 Å². The van der Waals surface area contributed by atoms with E-state index in [9.17, 15) is 4.79 Å². The van der Waals surface area contributed by atoms with Gasteiger partial charge < -0.3 is 10.1 Å². The lowest BCUT2D eigenvalue weighted by Crippen LogP contribution is -2.25. The number of rotatable bonds is 8. The van der Waals surface area contributed by atoms with Crippen molar-refractivity contribution in [3.63, 3.8) is 0 Å². The van der Waals surface area contributed by atoms with Crippen LogP contribution < -0.4 is 10.1 Å². The molecule has 2 N–H and O–H groups in total. The Balaban J connectivity index is 1.58. The molecule has 174 valence electrons. The van der Waals surface area contributed by atoms with Crippen LogP contribution in [0.4, 0.5) is 5.69 Å². The van der Waals surface area contributed by atoms with E-state index in [1.807, 2.05) is 45.9 Å². The normalized spacial score (nSPS) is 14.1. The topological polar surface area (TPSA) is 96.0 Å². The van der Waals surface area contributed by atoms with Crippen LogP contribution in [0.25, 0.3) is 11.1 Å². The summed E-state index contributed by atoms with van der Waals surface area (Å²) in [5, 5.41) is 10.0. The molecule has 4 rings (SSSR count). The Morgan fingerprint density at radius 1 is 1.15 bits per heavy atom. The number of ether oxygens (including phenoxy) is 1. The summed E-state index contributed by atoms with van der Waals surface area (Å²) in [4.78, 5) is 24.0. The van der Waals surface area contributed by atoms with Crippen LogP contribution in [0.5, 0.6) is 5.75 Å². The number of aromatic amines is 1. The quantitative estimate of drug-likeness (QED) is 0.532. The number of carbonyl (C=O) groups is 1. The fourth-order valence-corrected chi connectivity index (χ4v) is 4.15. The highest BCUT2D eigenvalue weighted by Crippen LogP contribution is 2.35. The highest BCUT2D eigenvalue weighted by atomic mass is 16.5. The first kappa shape index (κ1) is 22.9. The van der Waals surface area contributed by atoms with Gasteiger partial charge in [-0.3, -0.25) is 14.8 Å². The molecule has 2 aromatic heterocycles. The van der Waals surface area contributed by atoms with Crippen molar-refractivity contribution in [3.05, 3.63) is 53.4 Å². The minimum Gasteiger partial charge on any atom is -0.492 e. The van der Waals surface area contributed by atoms with Crippen molar-refractivity contribution in [1.29, 1.82) is 0 Å². The molecule has 0 bridgehead atoms. The van der Waals surface area contributed by atoms with Crippen LogP contribution in [0.3, 0.4) is 0 Å². The molecule has 0 spiro atoms. The lowest BCUT2D eigenvalue weighted by atomic mass is 10.0. The Kier molecular flexibility index (Phi) is 7.03. The number of H-pyrrole nitrogens is 1. The number of hydrogen-bond donors (Lipinski definition) is 2. The number of nitrogens with one attached hydrogen (secondary N) is 2. The number of carbonyl (C=O) groups excluding carboxylic acids is 1. The van der Waals surface area contributed by atoms with Gasteiger partial charge in [-0.2, -0.15) is 5.10 Å². The van der Waals surface area contributed by atoms with Gasteiger partial charge in [0, 0.05) is 34.7 Å². The van der Waals surface area contributed by atoms with Crippen LogP contribution in [0.2, 0.25) is 0 Å². The summed E-state index contributed by atoms with van der Waals surface area (Å²) < 4.78 is 6.21. The molecule has 1 fully saturated rings. The van der Waals surface area contributed by atoms with E-state index in [1.165, 1.54) is 12.8 Å². The van der Waals surface area contributed by atoms with Crippen LogP contribution in [-0.4, -0.2) is 57.2 Å². The molecule has 0 atom stereocenters. The Bertz CT molecular complexity index is 1100. The number of hydrogen-bond acceptors (Lipinski definition) is 6. The van der Waals surface area contributed by atoms with Gasteiger partial charge in [0.05, 0.1) is 5.69 Å². The maximum absolute atomic E-state index is 12.8. The predicted octanol–water partition coefficient (Wildman–Crippen LogP) is 4.33. The minimum absolute atomic E-state index is 0.235. The van der Waals surface area contributed by atoms with Crippen molar-refractivity contribution in [3.8, 4) is 16.9 Å². The minimum atomic E-state index is -0.235. The maximum Gasteiger partial charge on any atom is 0.273 e. The second-order valence-electron chi connectivity index (χ2n) is 8.84. The molecule has 8 heteroatoms. The molecule has 1 saturated heterocycles. The molecular formula is C25H32N6O2. The second kappa shape index (κ2) is 10.1. The molecule has 0 unspecified atom stereocenters. The first-order valence-electron chi connectivity index (χ1n) is 11.6. The maximum atomic E-state index is 12.8. The van der Waals surface area contributed by atoms with Gasteiger partial charge in [-0.25, -0.2) is 9.97 Å². The Morgan fingerprint density at radius 3 is 2.55 bits per heavy atom. The summed E-state index contributed by atoms with van der Waals surface area (Å²) in [6, 6.07) is 7.49. The van der Waals surface area contributed by atoms with Crippen LogP contribution in [0.15, 0.2) is 30.6 Å². The fourth-order valence-electron chi connectivity index (χ4n) is 4.15. The number of aromatic nitrogens is 4. The molecule has 1 aliphatic heterocycles. The molecule has 0 saturated carbocycles. The molecule has 3 heterocycles. The van der Waals surface area contributed by atoms with E-state index >= 15 is 0 Å². The first-order chi connectivity index (χ1) is 15.9. The zero-order valence-electron chi connectivity index (χ0n) is 19.8. The summed E-state index contributed by atoms with van der Waals surface area (Å²) in [6.45, 7) is 11.8. The van der Waals surface area contributed by atoms with Crippen molar-refractivity contribution in [2.75, 3.05) is 31.6 Å². The van der Waals surface area contributed by atoms with E-state index in [0.29, 0.717) is 18.0 Å². The average Bonchev–Trinajstić information content (AvgIpc) is 3.47. The summed E-state index contributed by atoms with van der Waals surface area (Å²) in [6.07, 6.45) is 4.08. The molecule has 1 aliphatic rings. The van der Waals surface area contributed by atoms with Crippen LogP contribution in [0, 0.1) is 13.8 Å². The third-order valence-electron chi connectivity index (χ3n) is 6.03. The molecule has 1 amide bonds. The third kappa shape index (κ3) is 5.39. The Labute approximate surface area is 194 Å². The molecule has 0 radical (unpaired) electrons. The first-order valence-corrected chi connectivity index (χ1v) is 11.6. The van der Waals surface area contributed by atoms with E-state index in [2.05, 4.69) is 30.4 Å². The summed E-state index contributed by atoms with van der Waals surface area (Å²) in [5.74, 6) is 0.771. The smallest absolute Gasteiger partial charge is 0.273 e. The van der Waals surface area contributed by atoms with Crippen LogP contribution in [-0.2, 0) is 0 Å². The fraction of sp³-hybridized carbons (Fsp3) is 0.440. The predicted molar refractivity (Wildman–Crippen MR) is 129 cm³/mol. The SMILES string of the molecule is Cc1ncnc(C)c1-c1cc(NC(=O)c2cc(C(C)C)n[nH]2)ccc1OCCN1CCCC1. The third-order valence-corrected chi connectivity index (χ3v) is 6.03. The lowest BCUT2D eigenvalue weighted by molar-refractivity contribution is 0.102. The molecular weight excluding hydrogens is 416 g/mol. The van der Waals surface area contributed by atoms with Gasteiger partial charge in [0.2, 0.25) is 0 Å². The van der Waals surface area contributed by atoms with Crippen LogP contribution in [0.1, 0.15) is 60.2 Å². The van der Waals surface area contributed by atoms with Crippen molar-refractivity contribution in [2.24, 2.45) is 0 Å². The number of anilines is 1. The average molecular weight is 449 g/mol. The molecule has 0 aliphatic carbocycles. The summed E-state index contributed by atoms with van der Waals surface area (Å²) in [5.41, 5.74) is 5.49. The van der Waals surface area contributed by atoms with Crippen molar-refractivity contribution in [2.45, 2.75) is 46.5 Å². The molecule has 3 aromatic rings. The molecule has 33 heavy (non-hydrogen) atoms. The Morgan fingerprint density at radius 2 is 1.88 bits per heavy atom. The van der Waals surface area contributed by atoms with Gasteiger partial charge in [0.25, 0.3) is 5.91 Å². The van der Waals surface area contributed by atoms with Crippen molar-refractivity contribution >= 4 is 11.6 Å². The summed E-state index contributed by atoms with van der Waals surface area (Å²) >= 11 is 0. The van der Waals surface area contributed by atoms with Gasteiger partial charge in [0.1, 0.15) is 24.4 Å². The van der Waals surface area contributed by atoms with E-state index in [-0.39, 0.29) is 11.8 Å². The standard InChI is InChI=1S/C25H32N6O2/c1-16(2)21-14-22(30-29-21)25(32)28-19-7-8-23(33-12-11-31-9-5-6-10-31)20(13-19)24-17(3)26-15-27-18(24)4/h7-8,13-16H,5-6,9-12H2,1-4H3,(H,28,32)(H,29,30). The van der Waals surface area contributed by atoms with E-state index in [0.717, 1.165) is 53.6 Å². The summed E-state index contributed by atoms with van der Waals surface area (Å²) in [7, 11) is 0. The largest absolute Gasteiger partial charge is 0.492 e. The zero-order chi connectivity index (χ0) is 23.4. The van der Waals surface area contributed by atoms with E-state index in [1.54, 1.807) is 12.4 Å². The zero-order valence-corrected chi connectivity index (χ0v) is 19.8. The number of aryl methyl sites for hydroxylation is 2. The van der Waals surface area contributed by atoms with Crippen molar-refractivity contribution < 1.29 is 9.53 Å². The number of benzene rings is 1. The lowest BCUT2D eigenvalue weighted by Gasteiger charge is -2.18. The van der Waals surface area contributed by atoms with Crippen molar-refractivity contribution in [1.82, 2.24) is 25.1 Å². The van der Waals surface area contributed by atoms with E-state index < -0.39 is 0 Å². The second-order valence-corrected chi connectivity index (χ2v) is 8.84. The molecule has 8 nitrogen and oxygen atoms in total. The monoisotopic (exact) mass is 448 g/mol. The van der Waals surface area contributed by atoms with Gasteiger partial charge >= 0.3 is 0 Å². The highest BCUT2D eigenvalue weighted by Gasteiger charge is 2.18. The van der Waals surface area contributed by atoms with E-state index in [4.69, 9.17) is 4.74 Å². The van der Waals surface area contributed by atoms with Gasteiger partial charge in [-0.1, -0.05) is 13.8 Å². The highest BCUT2D eigenvalue weighted by molar-refractivity contribution is 6.03. The number of amides is 1. The Hall–Kier alpha value is -3.26. The molecule has 1 aromatic carbocycles.